The lowest BCUT2D eigenvalue weighted by atomic mass is 10.1. The van der Waals surface area contributed by atoms with Gasteiger partial charge in [-0.15, -0.1) is 0 Å². The highest BCUT2D eigenvalue weighted by atomic mass is 79.9. The Morgan fingerprint density at radius 3 is 2.55 bits per heavy atom. The van der Waals surface area contributed by atoms with E-state index in [0.717, 1.165) is 22.9 Å². The Kier molecular flexibility index (Phi) is 4.83. The second-order valence-electron chi connectivity index (χ2n) is 4.47. The van der Waals surface area contributed by atoms with E-state index in [9.17, 15) is 8.42 Å². The Labute approximate surface area is 128 Å². The number of benzene rings is 2. The molecule has 0 unspecified atom stereocenters. The van der Waals surface area contributed by atoms with Crippen LogP contribution in [0.2, 0.25) is 0 Å². The Morgan fingerprint density at radius 1 is 1.10 bits per heavy atom. The van der Waals surface area contributed by atoms with Crippen molar-refractivity contribution in [3.63, 3.8) is 0 Å². The topological polar surface area (TPSA) is 46.2 Å². The van der Waals surface area contributed by atoms with Crippen molar-refractivity contribution in [1.82, 2.24) is 0 Å². The SMILES string of the molecule is CCCc1ccccc1NS(=O)(=O)c1cccc(Br)c1. The molecular formula is C15H16BrNO2S. The second-order valence-corrected chi connectivity index (χ2v) is 7.07. The van der Waals surface area contributed by atoms with E-state index in [0.29, 0.717) is 5.69 Å². The standard InChI is InChI=1S/C15H16BrNO2S/c1-2-6-12-7-3-4-10-15(12)17-20(18,19)14-9-5-8-13(16)11-14/h3-5,7-11,17H,2,6H2,1H3. The van der Waals surface area contributed by atoms with Crippen molar-refractivity contribution in [2.75, 3.05) is 4.72 Å². The molecule has 0 radical (unpaired) electrons. The minimum absolute atomic E-state index is 0.248. The fourth-order valence-electron chi connectivity index (χ4n) is 1.95. The van der Waals surface area contributed by atoms with Crippen molar-refractivity contribution in [3.8, 4) is 0 Å². The average molecular weight is 354 g/mol. The predicted octanol–water partition coefficient (Wildman–Crippen LogP) is 4.20. The van der Waals surface area contributed by atoms with E-state index in [-0.39, 0.29) is 4.90 Å². The van der Waals surface area contributed by atoms with E-state index in [4.69, 9.17) is 0 Å². The van der Waals surface area contributed by atoms with Crippen LogP contribution in [-0.4, -0.2) is 8.42 Å². The summed E-state index contributed by atoms with van der Waals surface area (Å²) in [6.45, 7) is 2.07. The first-order valence-electron chi connectivity index (χ1n) is 6.39. The van der Waals surface area contributed by atoms with Crippen LogP contribution in [0.4, 0.5) is 5.69 Å². The van der Waals surface area contributed by atoms with Crippen LogP contribution in [0.25, 0.3) is 0 Å². The molecular weight excluding hydrogens is 338 g/mol. The van der Waals surface area contributed by atoms with E-state index in [1.807, 2.05) is 18.2 Å². The Bertz CT molecular complexity index is 699. The minimum Gasteiger partial charge on any atom is -0.279 e. The molecule has 0 heterocycles. The molecule has 0 saturated heterocycles. The smallest absolute Gasteiger partial charge is 0.261 e. The maximum atomic E-state index is 12.4. The summed E-state index contributed by atoms with van der Waals surface area (Å²) in [5.74, 6) is 0. The predicted molar refractivity (Wildman–Crippen MR) is 85.4 cm³/mol. The summed E-state index contributed by atoms with van der Waals surface area (Å²) < 4.78 is 28.2. The maximum Gasteiger partial charge on any atom is 0.261 e. The third-order valence-corrected chi connectivity index (χ3v) is 4.74. The van der Waals surface area contributed by atoms with Crippen LogP contribution in [-0.2, 0) is 16.4 Å². The van der Waals surface area contributed by atoms with Crippen LogP contribution in [0, 0.1) is 0 Å². The van der Waals surface area contributed by atoms with Crippen LogP contribution in [0.5, 0.6) is 0 Å². The van der Waals surface area contributed by atoms with E-state index in [2.05, 4.69) is 27.6 Å². The number of hydrogen-bond acceptors (Lipinski definition) is 2. The van der Waals surface area contributed by atoms with Gasteiger partial charge in [-0.05, 0) is 36.2 Å². The van der Waals surface area contributed by atoms with Crippen LogP contribution in [0.15, 0.2) is 57.9 Å². The van der Waals surface area contributed by atoms with Gasteiger partial charge in [-0.3, -0.25) is 4.72 Å². The molecule has 3 nitrogen and oxygen atoms in total. The molecule has 5 heteroatoms. The van der Waals surface area contributed by atoms with Gasteiger partial charge in [0.15, 0.2) is 0 Å². The molecule has 2 aromatic rings. The van der Waals surface area contributed by atoms with E-state index in [1.54, 1.807) is 30.3 Å². The van der Waals surface area contributed by atoms with Crippen LogP contribution < -0.4 is 4.72 Å². The van der Waals surface area contributed by atoms with Crippen molar-refractivity contribution < 1.29 is 8.42 Å². The summed E-state index contributed by atoms with van der Waals surface area (Å²) in [6.07, 6.45) is 1.81. The van der Waals surface area contributed by atoms with Crippen molar-refractivity contribution in [1.29, 1.82) is 0 Å². The second kappa shape index (κ2) is 6.41. The largest absolute Gasteiger partial charge is 0.279 e. The van der Waals surface area contributed by atoms with Gasteiger partial charge in [-0.1, -0.05) is 53.5 Å². The number of para-hydroxylation sites is 1. The van der Waals surface area contributed by atoms with Gasteiger partial charge >= 0.3 is 0 Å². The molecule has 2 aromatic carbocycles. The molecule has 20 heavy (non-hydrogen) atoms. The molecule has 0 fully saturated rings. The van der Waals surface area contributed by atoms with Crippen molar-refractivity contribution in [2.24, 2.45) is 0 Å². The maximum absolute atomic E-state index is 12.4. The number of nitrogens with one attached hydrogen (secondary N) is 1. The summed E-state index contributed by atoms with van der Waals surface area (Å²) >= 11 is 3.29. The normalized spacial score (nSPS) is 11.3. The average Bonchev–Trinajstić information content (AvgIpc) is 2.41. The molecule has 0 aromatic heterocycles. The Hall–Kier alpha value is -1.33. The minimum atomic E-state index is -3.56. The molecule has 0 aliphatic rings. The number of aryl methyl sites for hydroxylation is 1. The zero-order chi connectivity index (χ0) is 14.6. The van der Waals surface area contributed by atoms with Gasteiger partial charge in [0, 0.05) is 4.47 Å². The lowest BCUT2D eigenvalue weighted by Crippen LogP contribution is -2.14. The lowest BCUT2D eigenvalue weighted by molar-refractivity contribution is 0.601. The van der Waals surface area contributed by atoms with Gasteiger partial charge in [0.05, 0.1) is 10.6 Å². The quantitative estimate of drug-likeness (QED) is 0.875. The number of hydrogen-bond donors (Lipinski definition) is 1. The van der Waals surface area contributed by atoms with Gasteiger partial charge in [-0.25, -0.2) is 8.42 Å². The highest BCUT2D eigenvalue weighted by Gasteiger charge is 2.15. The molecule has 2 rings (SSSR count). The van der Waals surface area contributed by atoms with Crippen LogP contribution in [0.3, 0.4) is 0 Å². The van der Waals surface area contributed by atoms with Crippen molar-refractivity contribution >= 4 is 31.6 Å². The highest BCUT2D eigenvalue weighted by molar-refractivity contribution is 9.10. The number of sulfonamides is 1. The van der Waals surface area contributed by atoms with E-state index < -0.39 is 10.0 Å². The monoisotopic (exact) mass is 353 g/mol. The fraction of sp³-hybridized carbons (Fsp3) is 0.200. The zero-order valence-corrected chi connectivity index (χ0v) is 13.5. The highest BCUT2D eigenvalue weighted by Crippen LogP contribution is 2.22. The summed E-state index contributed by atoms with van der Waals surface area (Å²) in [6, 6.07) is 14.2. The summed E-state index contributed by atoms with van der Waals surface area (Å²) in [5.41, 5.74) is 1.66. The van der Waals surface area contributed by atoms with E-state index in [1.165, 1.54) is 0 Å². The van der Waals surface area contributed by atoms with Crippen molar-refractivity contribution in [2.45, 2.75) is 24.7 Å². The lowest BCUT2D eigenvalue weighted by Gasteiger charge is -2.12. The molecule has 0 aliphatic heterocycles. The Morgan fingerprint density at radius 2 is 1.85 bits per heavy atom. The molecule has 0 saturated carbocycles. The first kappa shape index (κ1) is 15.1. The third kappa shape index (κ3) is 3.61. The molecule has 0 amide bonds. The molecule has 106 valence electrons. The zero-order valence-electron chi connectivity index (χ0n) is 11.1. The number of anilines is 1. The Balaban J connectivity index is 2.34. The first-order chi connectivity index (χ1) is 9.53. The van der Waals surface area contributed by atoms with Gasteiger partial charge in [0.1, 0.15) is 0 Å². The van der Waals surface area contributed by atoms with Crippen LogP contribution in [0.1, 0.15) is 18.9 Å². The summed E-state index contributed by atoms with van der Waals surface area (Å²) in [7, 11) is -3.56. The molecule has 0 bridgehead atoms. The summed E-state index contributed by atoms with van der Waals surface area (Å²) in [5, 5.41) is 0. The van der Waals surface area contributed by atoms with Gasteiger partial charge < -0.3 is 0 Å². The van der Waals surface area contributed by atoms with E-state index >= 15 is 0 Å². The molecule has 1 N–H and O–H groups in total. The van der Waals surface area contributed by atoms with Crippen LogP contribution >= 0.6 is 15.9 Å². The fourth-order valence-corrected chi connectivity index (χ4v) is 3.64. The molecule has 0 aliphatic carbocycles. The first-order valence-corrected chi connectivity index (χ1v) is 8.67. The number of rotatable bonds is 5. The third-order valence-electron chi connectivity index (χ3n) is 2.89. The van der Waals surface area contributed by atoms with Gasteiger partial charge in [-0.2, -0.15) is 0 Å². The van der Waals surface area contributed by atoms with Crippen molar-refractivity contribution in [3.05, 3.63) is 58.6 Å². The van der Waals surface area contributed by atoms with Gasteiger partial charge in [0.25, 0.3) is 10.0 Å². The summed E-state index contributed by atoms with van der Waals surface area (Å²) in [4.78, 5) is 0.248. The molecule has 0 spiro atoms. The van der Waals surface area contributed by atoms with Gasteiger partial charge in [0.2, 0.25) is 0 Å². The molecule has 0 atom stereocenters. The number of halogens is 1.